The second kappa shape index (κ2) is 6.31. The minimum absolute atomic E-state index is 0.0319. The van der Waals surface area contributed by atoms with Crippen LogP contribution in [0.25, 0.3) is 0 Å². The normalized spacial score (nSPS) is 26.1. The molecule has 3 rings (SSSR count). The number of rotatable bonds is 4. The number of aryl methyl sites for hydroxylation is 1. The van der Waals surface area contributed by atoms with Gasteiger partial charge in [0.2, 0.25) is 0 Å². The third-order valence-electron chi connectivity index (χ3n) is 3.86. The van der Waals surface area contributed by atoms with Crippen molar-refractivity contribution in [2.45, 2.75) is 39.0 Å². The van der Waals surface area contributed by atoms with Crippen molar-refractivity contribution in [2.24, 2.45) is 5.92 Å². The van der Waals surface area contributed by atoms with Gasteiger partial charge >= 0.3 is 0 Å². The Balaban J connectivity index is 1.55. The van der Waals surface area contributed by atoms with Gasteiger partial charge in [-0.05, 0) is 25.8 Å². The zero-order valence-corrected chi connectivity index (χ0v) is 12.3. The summed E-state index contributed by atoms with van der Waals surface area (Å²) in [6.07, 6.45) is 3.53. The lowest BCUT2D eigenvalue weighted by molar-refractivity contribution is -0.101. The van der Waals surface area contributed by atoms with Gasteiger partial charge in [-0.1, -0.05) is 6.92 Å². The summed E-state index contributed by atoms with van der Waals surface area (Å²) < 4.78 is 11.3. The lowest BCUT2D eigenvalue weighted by Crippen LogP contribution is -2.40. The summed E-state index contributed by atoms with van der Waals surface area (Å²) in [6.45, 7) is 6.89. The van der Waals surface area contributed by atoms with Gasteiger partial charge in [0.05, 0.1) is 23.9 Å². The van der Waals surface area contributed by atoms with Gasteiger partial charge in [-0.25, -0.2) is 4.98 Å². The minimum atomic E-state index is 0.0319. The summed E-state index contributed by atoms with van der Waals surface area (Å²) >= 11 is 1.78. The van der Waals surface area contributed by atoms with Crippen LogP contribution < -0.4 is 0 Å². The molecule has 2 fully saturated rings. The quantitative estimate of drug-likeness (QED) is 0.848. The number of likely N-dealkylation sites (tertiary alicyclic amines) is 1. The minimum Gasteiger partial charge on any atom is -0.350 e. The average Bonchev–Trinajstić information content (AvgIpc) is 3.10. The third-order valence-corrected chi connectivity index (χ3v) is 4.90. The maximum Gasteiger partial charge on any atom is 0.161 e. The summed E-state index contributed by atoms with van der Waals surface area (Å²) in [5.74, 6) is 0.528. The SMILES string of the molecule is CCc1nc(CN2CCCC(C3OCCO3)C2)cs1. The van der Waals surface area contributed by atoms with Crippen LogP contribution in [0.5, 0.6) is 0 Å². The highest BCUT2D eigenvalue weighted by Gasteiger charge is 2.31. The molecule has 5 heteroatoms. The smallest absolute Gasteiger partial charge is 0.161 e. The van der Waals surface area contributed by atoms with Crippen molar-refractivity contribution in [3.8, 4) is 0 Å². The first kappa shape index (κ1) is 13.5. The lowest BCUT2D eigenvalue weighted by Gasteiger charge is -2.34. The van der Waals surface area contributed by atoms with Crippen molar-refractivity contribution < 1.29 is 9.47 Å². The maximum absolute atomic E-state index is 5.65. The largest absolute Gasteiger partial charge is 0.350 e. The van der Waals surface area contributed by atoms with E-state index in [0.29, 0.717) is 5.92 Å². The maximum atomic E-state index is 5.65. The van der Waals surface area contributed by atoms with E-state index in [-0.39, 0.29) is 6.29 Å². The van der Waals surface area contributed by atoms with Gasteiger partial charge in [-0.3, -0.25) is 4.90 Å². The molecule has 2 saturated heterocycles. The molecule has 0 aliphatic carbocycles. The molecule has 0 bridgehead atoms. The topological polar surface area (TPSA) is 34.6 Å². The van der Waals surface area contributed by atoms with Crippen molar-refractivity contribution in [1.29, 1.82) is 0 Å². The molecule has 4 nitrogen and oxygen atoms in total. The van der Waals surface area contributed by atoms with Gasteiger partial charge in [0.15, 0.2) is 6.29 Å². The number of thiazole rings is 1. The van der Waals surface area contributed by atoms with Crippen molar-refractivity contribution >= 4 is 11.3 Å². The summed E-state index contributed by atoms with van der Waals surface area (Å²) in [5.41, 5.74) is 1.22. The zero-order chi connectivity index (χ0) is 13.1. The Morgan fingerprint density at radius 3 is 3.00 bits per heavy atom. The number of piperidine rings is 1. The van der Waals surface area contributed by atoms with Crippen molar-refractivity contribution in [2.75, 3.05) is 26.3 Å². The van der Waals surface area contributed by atoms with E-state index < -0.39 is 0 Å². The third kappa shape index (κ3) is 3.34. The summed E-state index contributed by atoms with van der Waals surface area (Å²) in [5, 5.41) is 3.44. The molecule has 0 radical (unpaired) electrons. The molecule has 3 heterocycles. The van der Waals surface area contributed by atoms with E-state index in [1.165, 1.54) is 30.1 Å². The fraction of sp³-hybridized carbons (Fsp3) is 0.786. The monoisotopic (exact) mass is 282 g/mol. The Morgan fingerprint density at radius 2 is 2.26 bits per heavy atom. The van der Waals surface area contributed by atoms with E-state index in [0.717, 1.165) is 32.7 Å². The van der Waals surface area contributed by atoms with Crippen LogP contribution in [-0.4, -0.2) is 42.5 Å². The van der Waals surface area contributed by atoms with Gasteiger partial charge in [-0.2, -0.15) is 0 Å². The van der Waals surface area contributed by atoms with Gasteiger partial charge in [-0.15, -0.1) is 11.3 Å². The first-order valence-corrected chi connectivity index (χ1v) is 8.12. The summed E-state index contributed by atoms with van der Waals surface area (Å²) in [7, 11) is 0. The van der Waals surface area contributed by atoms with E-state index in [2.05, 4.69) is 22.2 Å². The van der Waals surface area contributed by atoms with Crippen molar-refractivity contribution in [3.63, 3.8) is 0 Å². The molecule has 19 heavy (non-hydrogen) atoms. The van der Waals surface area contributed by atoms with Crippen LogP contribution in [0.15, 0.2) is 5.38 Å². The first-order chi connectivity index (χ1) is 9.35. The Bertz CT molecular complexity index is 404. The molecular weight excluding hydrogens is 260 g/mol. The molecule has 1 atom stereocenters. The highest BCUT2D eigenvalue weighted by Crippen LogP contribution is 2.26. The van der Waals surface area contributed by atoms with Crippen LogP contribution >= 0.6 is 11.3 Å². The highest BCUT2D eigenvalue weighted by atomic mass is 32.1. The Morgan fingerprint density at radius 1 is 1.42 bits per heavy atom. The second-order valence-electron chi connectivity index (χ2n) is 5.33. The molecule has 0 amide bonds. The Labute approximate surface area is 118 Å². The van der Waals surface area contributed by atoms with Gasteiger partial charge in [0.1, 0.15) is 0 Å². The lowest BCUT2D eigenvalue weighted by atomic mass is 9.97. The van der Waals surface area contributed by atoms with E-state index in [9.17, 15) is 0 Å². The number of hydrogen-bond donors (Lipinski definition) is 0. The molecule has 2 aliphatic rings. The predicted octanol–water partition coefficient (Wildman–Crippen LogP) is 2.29. The van der Waals surface area contributed by atoms with Gasteiger partial charge < -0.3 is 9.47 Å². The fourth-order valence-electron chi connectivity index (χ4n) is 2.92. The number of nitrogens with zero attached hydrogens (tertiary/aromatic N) is 2. The summed E-state index contributed by atoms with van der Waals surface area (Å²) in [6, 6.07) is 0. The van der Waals surface area contributed by atoms with Gasteiger partial charge in [0, 0.05) is 24.4 Å². The van der Waals surface area contributed by atoms with E-state index >= 15 is 0 Å². The molecule has 0 aromatic carbocycles. The number of hydrogen-bond acceptors (Lipinski definition) is 5. The van der Waals surface area contributed by atoms with E-state index in [4.69, 9.17) is 9.47 Å². The predicted molar refractivity (Wildman–Crippen MR) is 75.2 cm³/mol. The van der Waals surface area contributed by atoms with Crippen LogP contribution in [0.2, 0.25) is 0 Å². The molecule has 0 saturated carbocycles. The van der Waals surface area contributed by atoms with E-state index in [1.807, 2.05) is 0 Å². The van der Waals surface area contributed by atoms with Crippen LogP contribution in [-0.2, 0) is 22.4 Å². The van der Waals surface area contributed by atoms with E-state index in [1.54, 1.807) is 11.3 Å². The molecule has 1 aromatic heterocycles. The Kier molecular flexibility index (Phi) is 4.48. The second-order valence-corrected chi connectivity index (χ2v) is 6.28. The van der Waals surface area contributed by atoms with Crippen LogP contribution in [0.1, 0.15) is 30.5 Å². The van der Waals surface area contributed by atoms with Crippen molar-refractivity contribution in [3.05, 3.63) is 16.1 Å². The van der Waals surface area contributed by atoms with Crippen LogP contribution in [0.3, 0.4) is 0 Å². The fourth-order valence-corrected chi connectivity index (χ4v) is 3.65. The highest BCUT2D eigenvalue weighted by molar-refractivity contribution is 7.09. The average molecular weight is 282 g/mol. The van der Waals surface area contributed by atoms with Crippen LogP contribution in [0.4, 0.5) is 0 Å². The van der Waals surface area contributed by atoms with Gasteiger partial charge in [0.25, 0.3) is 0 Å². The standard InChI is InChI=1S/C14H22N2O2S/c1-2-13-15-12(10-19-13)9-16-5-3-4-11(8-16)14-17-6-7-18-14/h10-11,14H,2-9H2,1H3. The Hall–Kier alpha value is -0.490. The molecule has 0 spiro atoms. The summed E-state index contributed by atoms with van der Waals surface area (Å²) in [4.78, 5) is 7.15. The number of aromatic nitrogens is 1. The first-order valence-electron chi connectivity index (χ1n) is 7.24. The molecule has 1 aromatic rings. The molecule has 0 N–H and O–H groups in total. The number of ether oxygens (including phenoxy) is 2. The molecule has 106 valence electrons. The zero-order valence-electron chi connectivity index (χ0n) is 11.5. The molecule has 1 unspecified atom stereocenters. The van der Waals surface area contributed by atoms with Crippen LogP contribution in [0, 0.1) is 5.92 Å². The molecular formula is C14H22N2O2S. The van der Waals surface area contributed by atoms with Crippen molar-refractivity contribution in [1.82, 2.24) is 9.88 Å². The molecule has 2 aliphatic heterocycles.